The Bertz CT molecular complexity index is 1240. The second-order valence-electron chi connectivity index (χ2n) is 7.81. The molecule has 8 heteroatoms. The van der Waals surface area contributed by atoms with Gasteiger partial charge in [-0.25, -0.2) is 0 Å². The summed E-state index contributed by atoms with van der Waals surface area (Å²) in [6.45, 7) is 0.462. The molecule has 0 saturated heterocycles. The van der Waals surface area contributed by atoms with Crippen LogP contribution in [0.1, 0.15) is 23.1 Å². The normalized spacial score (nSPS) is 12.9. The molecule has 1 N–H and O–H groups in total. The highest BCUT2D eigenvalue weighted by Crippen LogP contribution is 2.35. The van der Waals surface area contributed by atoms with Crippen LogP contribution in [0.25, 0.3) is 11.4 Å². The standard InChI is InChI=1S/C26H23N3O5/c30-24(16-31-15-19-9-5-2-6-10-19)27-21(13-18-7-3-1-4-8-18)26-28-25(29-34-26)20-11-12-22-23(14-20)33-17-32-22/h1-12,14,21H,13,15-17H2,(H,27,30)/t21-/m1/s1. The lowest BCUT2D eigenvalue weighted by atomic mass is 10.1. The molecule has 0 aliphatic carbocycles. The van der Waals surface area contributed by atoms with Gasteiger partial charge in [0.05, 0.1) is 6.61 Å². The molecule has 0 radical (unpaired) electrons. The van der Waals surface area contributed by atoms with E-state index in [2.05, 4.69) is 15.5 Å². The molecule has 8 nitrogen and oxygen atoms in total. The average Bonchev–Trinajstić information content (AvgIpc) is 3.54. The van der Waals surface area contributed by atoms with Gasteiger partial charge in [0.2, 0.25) is 24.4 Å². The van der Waals surface area contributed by atoms with Gasteiger partial charge in [0.15, 0.2) is 11.5 Å². The van der Waals surface area contributed by atoms with Crippen molar-refractivity contribution in [3.05, 3.63) is 95.9 Å². The molecule has 1 atom stereocenters. The van der Waals surface area contributed by atoms with Gasteiger partial charge in [-0.3, -0.25) is 4.79 Å². The second kappa shape index (κ2) is 10.2. The van der Waals surface area contributed by atoms with Crippen molar-refractivity contribution in [2.45, 2.75) is 19.1 Å². The average molecular weight is 457 g/mol. The predicted octanol–water partition coefficient (Wildman–Crippen LogP) is 4.08. The summed E-state index contributed by atoms with van der Waals surface area (Å²) in [5, 5.41) is 7.09. The Hall–Kier alpha value is -4.17. The minimum absolute atomic E-state index is 0.0800. The molecular formula is C26H23N3O5. The van der Waals surface area contributed by atoms with Crippen molar-refractivity contribution in [2.75, 3.05) is 13.4 Å². The lowest BCUT2D eigenvalue weighted by Crippen LogP contribution is -2.33. The Balaban J connectivity index is 1.29. The number of rotatable bonds is 9. The van der Waals surface area contributed by atoms with E-state index in [0.29, 0.717) is 36.2 Å². The van der Waals surface area contributed by atoms with Crippen molar-refractivity contribution in [3.63, 3.8) is 0 Å². The Kier molecular flexibility index (Phi) is 6.49. The molecule has 1 aromatic heterocycles. The van der Waals surface area contributed by atoms with Gasteiger partial charge in [-0.2, -0.15) is 4.98 Å². The van der Waals surface area contributed by atoms with Gasteiger partial charge in [0.1, 0.15) is 12.6 Å². The van der Waals surface area contributed by atoms with E-state index in [1.807, 2.05) is 66.7 Å². The third-order valence-corrected chi connectivity index (χ3v) is 5.33. The van der Waals surface area contributed by atoms with E-state index >= 15 is 0 Å². The fraction of sp³-hybridized carbons (Fsp3) is 0.192. The van der Waals surface area contributed by atoms with Crippen LogP contribution in [0.3, 0.4) is 0 Å². The van der Waals surface area contributed by atoms with Crippen molar-refractivity contribution < 1.29 is 23.5 Å². The number of benzene rings is 3. The highest BCUT2D eigenvalue weighted by molar-refractivity contribution is 5.77. The number of fused-ring (bicyclic) bond motifs is 1. The van der Waals surface area contributed by atoms with Crippen molar-refractivity contribution in [2.24, 2.45) is 0 Å². The Labute approximate surface area is 196 Å². The quantitative estimate of drug-likeness (QED) is 0.405. The molecule has 1 aliphatic heterocycles. The molecule has 3 aromatic carbocycles. The fourth-order valence-electron chi connectivity index (χ4n) is 3.65. The third kappa shape index (κ3) is 5.24. The number of nitrogens with zero attached hydrogens (tertiary/aromatic N) is 2. The molecule has 1 aliphatic rings. The molecular weight excluding hydrogens is 434 g/mol. The smallest absolute Gasteiger partial charge is 0.249 e. The molecule has 0 unspecified atom stereocenters. The summed E-state index contributed by atoms with van der Waals surface area (Å²) in [5.74, 6) is 1.76. The van der Waals surface area contributed by atoms with Gasteiger partial charge < -0.3 is 24.1 Å². The number of carbonyl (C=O) groups excluding carboxylic acids is 1. The Morgan fingerprint density at radius 1 is 0.941 bits per heavy atom. The van der Waals surface area contributed by atoms with Gasteiger partial charge >= 0.3 is 0 Å². The number of hydrogen-bond donors (Lipinski definition) is 1. The minimum Gasteiger partial charge on any atom is -0.454 e. The molecule has 34 heavy (non-hydrogen) atoms. The van der Waals surface area contributed by atoms with Crippen LogP contribution < -0.4 is 14.8 Å². The first-order chi connectivity index (χ1) is 16.7. The maximum Gasteiger partial charge on any atom is 0.249 e. The molecule has 0 fully saturated rings. The van der Waals surface area contributed by atoms with E-state index in [9.17, 15) is 4.79 Å². The molecule has 172 valence electrons. The molecule has 4 aromatic rings. The Morgan fingerprint density at radius 3 is 2.47 bits per heavy atom. The first-order valence-corrected chi connectivity index (χ1v) is 10.9. The third-order valence-electron chi connectivity index (χ3n) is 5.33. The van der Waals surface area contributed by atoms with E-state index in [1.54, 1.807) is 12.1 Å². The van der Waals surface area contributed by atoms with Crippen molar-refractivity contribution in [3.8, 4) is 22.9 Å². The Morgan fingerprint density at radius 2 is 1.68 bits per heavy atom. The van der Waals surface area contributed by atoms with Crippen LogP contribution in [0.4, 0.5) is 0 Å². The molecule has 0 bridgehead atoms. The van der Waals surface area contributed by atoms with E-state index in [4.69, 9.17) is 18.7 Å². The van der Waals surface area contributed by atoms with Crippen LogP contribution >= 0.6 is 0 Å². The van der Waals surface area contributed by atoms with Crippen LogP contribution in [0.5, 0.6) is 11.5 Å². The first kappa shape index (κ1) is 21.7. The van der Waals surface area contributed by atoms with Gasteiger partial charge in [-0.1, -0.05) is 65.8 Å². The molecule has 0 saturated carbocycles. The molecule has 1 amide bonds. The maximum absolute atomic E-state index is 12.7. The summed E-state index contributed by atoms with van der Waals surface area (Å²) in [7, 11) is 0. The molecule has 2 heterocycles. The van der Waals surface area contributed by atoms with Crippen LogP contribution in [-0.4, -0.2) is 29.4 Å². The number of amides is 1. The summed E-state index contributed by atoms with van der Waals surface area (Å²) < 4.78 is 21.9. The zero-order chi connectivity index (χ0) is 23.2. The van der Waals surface area contributed by atoms with Crippen molar-refractivity contribution in [1.29, 1.82) is 0 Å². The van der Waals surface area contributed by atoms with Crippen LogP contribution in [0.15, 0.2) is 83.4 Å². The summed E-state index contributed by atoms with van der Waals surface area (Å²) in [6.07, 6.45) is 0.494. The van der Waals surface area contributed by atoms with Gasteiger partial charge in [0, 0.05) is 12.0 Å². The number of aromatic nitrogens is 2. The maximum atomic E-state index is 12.7. The van der Waals surface area contributed by atoms with E-state index < -0.39 is 6.04 Å². The SMILES string of the molecule is O=C(COCc1ccccc1)N[C@H](Cc1ccccc1)c1nc(-c2ccc3c(c2)OCO3)no1. The first-order valence-electron chi connectivity index (χ1n) is 10.9. The largest absolute Gasteiger partial charge is 0.454 e. The van der Waals surface area contributed by atoms with E-state index in [1.165, 1.54) is 0 Å². The predicted molar refractivity (Wildman–Crippen MR) is 123 cm³/mol. The highest BCUT2D eigenvalue weighted by atomic mass is 16.7. The topological polar surface area (TPSA) is 95.7 Å². The van der Waals surface area contributed by atoms with Gasteiger partial charge in [0.25, 0.3) is 0 Å². The van der Waals surface area contributed by atoms with Gasteiger partial charge in [-0.15, -0.1) is 0 Å². The zero-order valence-electron chi connectivity index (χ0n) is 18.3. The zero-order valence-corrected chi connectivity index (χ0v) is 18.3. The number of ether oxygens (including phenoxy) is 3. The van der Waals surface area contributed by atoms with E-state index in [0.717, 1.165) is 16.7 Å². The number of hydrogen-bond acceptors (Lipinski definition) is 7. The highest BCUT2D eigenvalue weighted by Gasteiger charge is 2.23. The minimum atomic E-state index is -0.509. The van der Waals surface area contributed by atoms with Crippen LogP contribution in [-0.2, 0) is 22.6 Å². The van der Waals surface area contributed by atoms with Gasteiger partial charge in [-0.05, 0) is 29.3 Å². The fourth-order valence-corrected chi connectivity index (χ4v) is 3.65. The van der Waals surface area contributed by atoms with Crippen molar-refractivity contribution in [1.82, 2.24) is 15.5 Å². The summed E-state index contributed by atoms with van der Waals surface area (Å²) in [6, 6.07) is 24.5. The molecule has 0 spiro atoms. The lowest BCUT2D eigenvalue weighted by Gasteiger charge is -2.15. The van der Waals surface area contributed by atoms with Crippen LogP contribution in [0.2, 0.25) is 0 Å². The second-order valence-corrected chi connectivity index (χ2v) is 7.81. The summed E-state index contributed by atoms with van der Waals surface area (Å²) >= 11 is 0. The van der Waals surface area contributed by atoms with Crippen LogP contribution in [0, 0.1) is 0 Å². The monoisotopic (exact) mass is 457 g/mol. The number of nitrogens with one attached hydrogen (secondary N) is 1. The summed E-state index contributed by atoms with van der Waals surface area (Å²) in [4.78, 5) is 17.2. The van der Waals surface area contributed by atoms with E-state index in [-0.39, 0.29) is 19.3 Å². The lowest BCUT2D eigenvalue weighted by molar-refractivity contribution is -0.127. The van der Waals surface area contributed by atoms with Crippen molar-refractivity contribution >= 4 is 5.91 Å². The summed E-state index contributed by atoms with van der Waals surface area (Å²) in [5.41, 5.74) is 2.76. The molecule has 5 rings (SSSR count). The number of carbonyl (C=O) groups is 1.